The fourth-order valence-corrected chi connectivity index (χ4v) is 2.84. The van der Waals surface area contributed by atoms with Gasteiger partial charge in [-0.1, -0.05) is 48.0 Å². The Bertz CT molecular complexity index is 750. The molecular weight excluding hydrogens is 352 g/mol. The van der Waals surface area contributed by atoms with E-state index in [2.05, 4.69) is 10.6 Å². The van der Waals surface area contributed by atoms with Crippen LogP contribution < -0.4 is 10.6 Å². The van der Waals surface area contributed by atoms with Crippen LogP contribution in [0.1, 0.15) is 29.9 Å². The number of anilines is 1. The summed E-state index contributed by atoms with van der Waals surface area (Å²) in [6.45, 7) is 2.28. The van der Waals surface area contributed by atoms with Crippen molar-refractivity contribution in [1.82, 2.24) is 5.32 Å². The minimum atomic E-state index is -0.733. The summed E-state index contributed by atoms with van der Waals surface area (Å²) in [5.41, 5.74) is 2.47. The SMILES string of the molecule is Cc1ccc(NC(=O)C(=O)NCC[C@H](CCO)c2ccccc2)cc1Cl. The topological polar surface area (TPSA) is 78.4 Å². The van der Waals surface area contributed by atoms with Gasteiger partial charge in [-0.25, -0.2) is 0 Å². The summed E-state index contributed by atoms with van der Waals surface area (Å²) in [6, 6.07) is 14.9. The van der Waals surface area contributed by atoms with Gasteiger partial charge >= 0.3 is 11.8 Å². The van der Waals surface area contributed by atoms with Crippen molar-refractivity contribution < 1.29 is 14.7 Å². The molecule has 2 aromatic rings. The predicted molar refractivity (Wildman–Crippen MR) is 103 cm³/mol. The molecule has 0 spiro atoms. The van der Waals surface area contributed by atoms with E-state index in [1.165, 1.54) is 0 Å². The van der Waals surface area contributed by atoms with Crippen LogP contribution in [0.5, 0.6) is 0 Å². The van der Waals surface area contributed by atoms with Crippen molar-refractivity contribution in [2.24, 2.45) is 0 Å². The number of rotatable bonds is 7. The second-order valence-electron chi connectivity index (χ2n) is 6.08. The Labute approximate surface area is 158 Å². The van der Waals surface area contributed by atoms with E-state index >= 15 is 0 Å². The van der Waals surface area contributed by atoms with Gasteiger partial charge < -0.3 is 15.7 Å². The Morgan fingerprint density at radius 2 is 1.81 bits per heavy atom. The van der Waals surface area contributed by atoms with E-state index < -0.39 is 11.8 Å². The Kier molecular flexibility index (Phi) is 7.63. The zero-order valence-corrected chi connectivity index (χ0v) is 15.4. The van der Waals surface area contributed by atoms with Crippen LogP contribution in [0.25, 0.3) is 0 Å². The van der Waals surface area contributed by atoms with Crippen molar-refractivity contribution in [3.8, 4) is 0 Å². The second kappa shape index (κ2) is 9.94. The number of amides is 2. The summed E-state index contributed by atoms with van der Waals surface area (Å²) in [4.78, 5) is 23.9. The van der Waals surface area contributed by atoms with E-state index in [1.54, 1.807) is 18.2 Å². The maximum atomic E-state index is 12.0. The minimum Gasteiger partial charge on any atom is -0.396 e. The lowest BCUT2D eigenvalue weighted by molar-refractivity contribution is -0.136. The molecule has 0 heterocycles. The van der Waals surface area contributed by atoms with Crippen molar-refractivity contribution >= 4 is 29.1 Å². The molecule has 5 nitrogen and oxygen atoms in total. The van der Waals surface area contributed by atoms with Crippen LogP contribution in [0.3, 0.4) is 0 Å². The fraction of sp³-hybridized carbons (Fsp3) is 0.300. The van der Waals surface area contributed by atoms with Gasteiger partial charge in [0.05, 0.1) is 0 Å². The zero-order chi connectivity index (χ0) is 18.9. The summed E-state index contributed by atoms with van der Waals surface area (Å²) >= 11 is 6.01. The lowest BCUT2D eigenvalue weighted by Crippen LogP contribution is -2.36. The highest BCUT2D eigenvalue weighted by atomic mass is 35.5. The lowest BCUT2D eigenvalue weighted by atomic mass is 9.93. The third-order valence-electron chi connectivity index (χ3n) is 4.16. The maximum absolute atomic E-state index is 12.0. The van der Waals surface area contributed by atoms with E-state index in [1.807, 2.05) is 37.3 Å². The van der Waals surface area contributed by atoms with Gasteiger partial charge in [-0.05, 0) is 48.9 Å². The normalized spacial score (nSPS) is 11.7. The average molecular weight is 375 g/mol. The molecule has 0 bridgehead atoms. The van der Waals surface area contributed by atoms with E-state index in [0.29, 0.717) is 30.1 Å². The number of hydrogen-bond donors (Lipinski definition) is 3. The molecule has 6 heteroatoms. The fourth-order valence-electron chi connectivity index (χ4n) is 2.66. The van der Waals surface area contributed by atoms with Crippen LogP contribution in [0.2, 0.25) is 5.02 Å². The van der Waals surface area contributed by atoms with Crippen molar-refractivity contribution in [2.75, 3.05) is 18.5 Å². The van der Waals surface area contributed by atoms with Gasteiger partial charge in [-0.2, -0.15) is 0 Å². The largest absolute Gasteiger partial charge is 0.396 e. The molecule has 2 rings (SSSR count). The van der Waals surface area contributed by atoms with Gasteiger partial charge in [0.25, 0.3) is 0 Å². The number of aryl methyl sites for hydroxylation is 1. The number of nitrogens with one attached hydrogen (secondary N) is 2. The summed E-state index contributed by atoms with van der Waals surface area (Å²) in [5, 5.41) is 14.9. The van der Waals surface area contributed by atoms with E-state index in [0.717, 1.165) is 11.1 Å². The number of benzene rings is 2. The maximum Gasteiger partial charge on any atom is 0.313 e. The number of hydrogen-bond acceptors (Lipinski definition) is 3. The predicted octanol–water partition coefficient (Wildman–Crippen LogP) is 3.26. The molecule has 0 aliphatic rings. The molecule has 138 valence electrons. The van der Waals surface area contributed by atoms with Crippen molar-refractivity contribution in [3.05, 3.63) is 64.7 Å². The first-order valence-corrected chi connectivity index (χ1v) is 8.90. The molecular formula is C20H23ClN2O3. The van der Waals surface area contributed by atoms with Crippen LogP contribution in [-0.2, 0) is 9.59 Å². The number of aliphatic hydroxyl groups excluding tert-OH is 1. The molecule has 0 fully saturated rings. The van der Waals surface area contributed by atoms with Gasteiger partial charge in [-0.15, -0.1) is 0 Å². The summed E-state index contributed by atoms with van der Waals surface area (Å²) in [7, 11) is 0. The molecule has 1 atom stereocenters. The van der Waals surface area contributed by atoms with E-state index in [9.17, 15) is 14.7 Å². The molecule has 0 saturated carbocycles. The highest BCUT2D eigenvalue weighted by Crippen LogP contribution is 2.22. The smallest absolute Gasteiger partial charge is 0.313 e. The minimum absolute atomic E-state index is 0.0716. The standard InChI is InChI=1S/C20H23ClN2O3/c1-14-7-8-17(13-18(14)21)23-20(26)19(25)22-11-9-16(10-12-24)15-5-3-2-4-6-15/h2-8,13,16,24H,9-12H2,1H3,(H,22,25)(H,23,26)/t16-/m1/s1. The average Bonchev–Trinajstić information content (AvgIpc) is 2.64. The molecule has 0 unspecified atom stereocenters. The highest BCUT2D eigenvalue weighted by Gasteiger charge is 2.16. The second-order valence-corrected chi connectivity index (χ2v) is 6.49. The molecule has 0 saturated heterocycles. The number of aliphatic hydroxyl groups is 1. The van der Waals surface area contributed by atoms with Gasteiger partial charge in [-0.3, -0.25) is 9.59 Å². The number of carbonyl (C=O) groups is 2. The first kappa shape index (κ1) is 19.9. The van der Waals surface area contributed by atoms with Gasteiger partial charge in [0, 0.05) is 23.9 Å². The van der Waals surface area contributed by atoms with Crippen LogP contribution in [-0.4, -0.2) is 30.1 Å². The highest BCUT2D eigenvalue weighted by molar-refractivity contribution is 6.39. The van der Waals surface area contributed by atoms with Crippen LogP contribution >= 0.6 is 11.6 Å². The number of halogens is 1. The summed E-state index contributed by atoms with van der Waals surface area (Å²) < 4.78 is 0. The molecule has 2 amide bonds. The first-order valence-electron chi connectivity index (χ1n) is 8.52. The Hall–Kier alpha value is -2.37. The monoisotopic (exact) mass is 374 g/mol. The first-order chi connectivity index (χ1) is 12.5. The molecule has 0 aromatic heterocycles. The molecule has 0 aliphatic heterocycles. The molecule has 0 aliphatic carbocycles. The van der Waals surface area contributed by atoms with E-state index in [-0.39, 0.29) is 12.5 Å². The molecule has 2 aromatic carbocycles. The van der Waals surface area contributed by atoms with Crippen molar-refractivity contribution in [2.45, 2.75) is 25.7 Å². The summed E-state index contributed by atoms with van der Waals surface area (Å²) in [5.74, 6) is -1.30. The molecule has 26 heavy (non-hydrogen) atoms. The van der Waals surface area contributed by atoms with Crippen LogP contribution in [0.15, 0.2) is 48.5 Å². The van der Waals surface area contributed by atoms with Crippen molar-refractivity contribution in [1.29, 1.82) is 0 Å². The third-order valence-corrected chi connectivity index (χ3v) is 4.57. The van der Waals surface area contributed by atoms with Crippen molar-refractivity contribution in [3.63, 3.8) is 0 Å². The van der Waals surface area contributed by atoms with Gasteiger partial charge in [0.1, 0.15) is 0 Å². The van der Waals surface area contributed by atoms with Gasteiger partial charge in [0.2, 0.25) is 0 Å². The number of carbonyl (C=O) groups excluding carboxylic acids is 2. The lowest BCUT2D eigenvalue weighted by Gasteiger charge is -2.16. The molecule has 0 radical (unpaired) electrons. The molecule has 3 N–H and O–H groups in total. The quantitative estimate of drug-likeness (QED) is 0.651. The van der Waals surface area contributed by atoms with Gasteiger partial charge in [0.15, 0.2) is 0 Å². The summed E-state index contributed by atoms with van der Waals surface area (Å²) in [6.07, 6.45) is 1.24. The Balaban J connectivity index is 1.84. The Morgan fingerprint density at radius 3 is 2.46 bits per heavy atom. The Morgan fingerprint density at radius 1 is 1.08 bits per heavy atom. The van der Waals surface area contributed by atoms with Crippen LogP contribution in [0, 0.1) is 6.92 Å². The van der Waals surface area contributed by atoms with Crippen LogP contribution in [0.4, 0.5) is 5.69 Å². The third kappa shape index (κ3) is 5.86. The zero-order valence-electron chi connectivity index (χ0n) is 14.7. The van der Waals surface area contributed by atoms with E-state index in [4.69, 9.17) is 11.6 Å².